The minimum absolute atomic E-state index is 0.0835. The third-order valence-corrected chi connectivity index (χ3v) is 6.91. The molecule has 0 bridgehead atoms. The van der Waals surface area contributed by atoms with Gasteiger partial charge < -0.3 is 24.6 Å². The Hall–Kier alpha value is -2.26. The molecule has 0 radical (unpaired) electrons. The Kier molecular flexibility index (Phi) is 8.14. The van der Waals surface area contributed by atoms with Crippen LogP contribution in [0.15, 0.2) is 16.2 Å². The number of nitrogens with zero attached hydrogens (tertiary/aromatic N) is 3. The number of hydrogen-bond donors (Lipinski definition) is 2. The van der Waals surface area contributed by atoms with Gasteiger partial charge in [0.05, 0.1) is 19.3 Å². The zero-order valence-electron chi connectivity index (χ0n) is 19.5. The van der Waals surface area contributed by atoms with Crippen molar-refractivity contribution in [3.63, 3.8) is 0 Å². The maximum Gasteiger partial charge on any atom is 0.250 e. The smallest absolute Gasteiger partial charge is 0.250 e. The van der Waals surface area contributed by atoms with E-state index in [0.29, 0.717) is 62.4 Å². The van der Waals surface area contributed by atoms with Crippen LogP contribution in [0.5, 0.6) is 0 Å². The Labute approximate surface area is 194 Å². The number of carbonyl (C=O) groups excluding carboxylic acids is 2. The van der Waals surface area contributed by atoms with Crippen molar-refractivity contribution in [2.24, 2.45) is 5.92 Å². The summed E-state index contributed by atoms with van der Waals surface area (Å²) >= 11 is 0. The minimum Gasteiger partial charge on any atom is -0.383 e. The second-order valence-electron chi connectivity index (χ2n) is 9.52. The molecule has 33 heavy (non-hydrogen) atoms. The van der Waals surface area contributed by atoms with Gasteiger partial charge in [-0.05, 0) is 31.6 Å². The summed E-state index contributed by atoms with van der Waals surface area (Å²) in [6.07, 6.45) is 9.29. The molecule has 1 aromatic rings. The van der Waals surface area contributed by atoms with E-state index in [0.717, 1.165) is 25.7 Å². The van der Waals surface area contributed by atoms with Gasteiger partial charge >= 0.3 is 0 Å². The molecule has 2 aliphatic carbocycles. The van der Waals surface area contributed by atoms with Crippen molar-refractivity contribution in [3.8, 4) is 0 Å². The molecule has 1 unspecified atom stereocenters. The quantitative estimate of drug-likeness (QED) is 0.544. The number of aromatic nitrogens is 2. The van der Waals surface area contributed by atoms with Crippen LogP contribution < -0.4 is 5.32 Å². The molecule has 0 spiro atoms. The first-order valence-electron chi connectivity index (χ1n) is 12.4. The van der Waals surface area contributed by atoms with E-state index in [1.165, 1.54) is 25.3 Å². The molecule has 1 aliphatic heterocycles. The van der Waals surface area contributed by atoms with Crippen LogP contribution in [-0.4, -0.2) is 64.3 Å². The topological polar surface area (TPSA) is 118 Å². The van der Waals surface area contributed by atoms with Gasteiger partial charge in [-0.2, -0.15) is 4.98 Å². The lowest BCUT2D eigenvalue weighted by Crippen LogP contribution is -2.42. The molecule has 2 amide bonds. The zero-order valence-corrected chi connectivity index (χ0v) is 19.5. The predicted molar refractivity (Wildman–Crippen MR) is 120 cm³/mol. The molecule has 2 saturated carbocycles. The predicted octanol–water partition coefficient (Wildman–Crippen LogP) is 2.63. The second-order valence-corrected chi connectivity index (χ2v) is 9.52. The standard InChI is InChI=1S/C24H36N4O5/c1-2-19(21(30)22-26-23(33-27-22)17-8-9-17)25-20(29)15-18(14-16-6-4-3-5-7-16)24(31)28-10-12-32-13-11-28/h15-17,19,21,30H,2-14H2,1H3,(H,25,29)/b18-15+/t19-,21?/m0/s1. The van der Waals surface area contributed by atoms with E-state index in [1.807, 2.05) is 6.92 Å². The Bertz CT molecular complexity index is 838. The first-order chi connectivity index (χ1) is 16.0. The average Bonchev–Trinajstić information content (AvgIpc) is 3.58. The van der Waals surface area contributed by atoms with Crippen LogP contribution in [0.1, 0.15) is 88.4 Å². The van der Waals surface area contributed by atoms with Gasteiger partial charge in [0.15, 0.2) is 0 Å². The van der Waals surface area contributed by atoms with Gasteiger partial charge in [0.25, 0.3) is 0 Å². The molecule has 4 rings (SSSR count). The third-order valence-electron chi connectivity index (χ3n) is 6.91. The average molecular weight is 461 g/mol. The Morgan fingerprint density at radius 3 is 2.58 bits per heavy atom. The van der Waals surface area contributed by atoms with Crippen LogP contribution in [-0.2, 0) is 14.3 Å². The van der Waals surface area contributed by atoms with Gasteiger partial charge in [0.2, 0.25) is 23.5 Å². The molecular formula is C24H36N4O5. The summed E-state index contributed by atoms with van der Waals surface area (Å²) in [6.45, 7) is 4.00. The van der Waals surface area contributed by atoms with Crippen molar-refractivity contribution in [3.05, 3.63) is 23.4 Å². The number of carbonyl (C=O) groups is 2. The Balaban J connectivity index is 1.44. The van der Waals surface area contributed by atoms with E-state index >= 15 is 0 Å². The first kappa shape index (κ1) is 23.9. The zero-order chi connectivity index (χ0) is 23.2. The molecular weight excluding hydrogens is 424 g/mol. The summed E-state index contributed by atoms with van der Waals surface area (Å²) in [5.41, 5.74) is 0.543. The highest BCUT2D eigenvalue weighted by molar-refractivity contribution is 6.01. The molecule has 9 nitrogen and oxygen atoms in total. The normalized spacial score (nSPS) is 22.1. The summed E-state index contributed by atoms with van der Waals surface area (Å²) in [7, 11) is 0. The molecule has 3 aliphatic rings. The number of ether oxygens (including phenoxy) is 1. The molecule has 0 aromatic carbocycles. The van der Waals surface area contributed by atoms with Crippen molar-refractivity contribution < 1.29 is 24.0 Å². The summed E-state index contributed by atoms with van der Waals surface area (Å²) < 4.78 is 10.6. The van der Waals surface area contributed by atoms with Gasteiger partial charge in [-0.1, -0.05) is 44.2 Å². The number of hydrogen-bond acceptors (Lipinski definition) is 7. The molecule has 2 atom stereocenters. The lowest BCUT2D eigenvalue weighted by Gasteiger charge is -2.29. The number of morpholine rings is 1. The fourth-order valence-corrected chi connectivity index (χ4v) is 4.71. The number of rotatable bonds is 9. The lowest BCUT2D eigenvalue weighted by atomic mass is 9.84. The van der Waals surface area contributed by atoms with Crippen LogP contribution in [0, 0.1) is 5.92 Å². The van der Waals surface area contributed by atoms with Gasteiger partial charge in [-0.25, -0.2) is 0 Å². The third kappa shape index (κ3) is 6.41. The second kappa shape index (κ2) is 11.2. The monoisotopic (exact) mass is 460 g/mol. The molecule has 3 fully saturated rings. The van der Waals surface area contributed by atoms with Crippen molar-refractivity contribution in [1.29, 1.82) is 0 Å². The SMILES string of the molecule is CC[C@H](NC(=O)/C=C(\CC1CCCCC1)C(=O)N1CCOCC1)C(O)c1noc(C2CC2)n1. The highest BCUT2D eigenvalue weighted by Gasteiger charge is 2.32. The maximum atomic E-state index is 13.2. The van der Waals surface area contributed by atoms with Crippen molar-refractivity contribution in [1.82, 2.24) is 20.4 Å². The summed E-state index contributed by atoms with van der Waals surface area (Å²) in [6, 6.07) is -0.576. The Morgan fingerprint density at radius 2 is 1.91 bits per heavy atom. The van der Waals surface area contributed by atoms with E-state index in [2.05, 4.69) is 15.5 Å². The highest BCUT2D eigenvalue weighted by Crippen LogP contribution is 2.39. The van der Waals surface area contributed by atoms with E-state index in [1.54, 1.807) is 4.90 Å². The van der Waals surface area contributed by atoms with Crippen LogP contribution in [0.2, 0.25) is 0 Å². The van der Waals surface area contributed by atoms with Crippen LogP contribution in [0.25, 0.3) is 0 Å². The number of aliphatic hydroxyl groups excluding tert-OH is 1. The highest BCUT2D eigenvalue weighted by atomic mass is 16.5. The van der Waals surface area contributed by atoms with E-state index in [4.69, 9.17) is 9.26 Å². The largest absolute Gasteiger partial charge is 0.383 e. The van der Waals surface area contributed by atoms with E-state index in [-0.39, 0.29) is 17.6 Å². The number of nitrogens with one attached hydrogen (secondary N) is 1. The first-order valence-corrected chi connectivity index (χ1v) is 12.4. The molecule has 1 aromatic heterocycles. The molecule has 182 valence electrons. The van der Waals surface area contributed by atoms with Gasteiger partial charge in [-0.3, -0.25) is 9.59 Å². The van der Waals surface area contributed by atoms with E-state index in [9.17, 15) is 14.7 Å². The van der Waals surface area contributed by atoms with Crippen LogP contribution >= 0.6 is 0 Å². The number of amides is 2. The summed E-state index contributed by atoms with van der Waals surface area (Å²) in [4.78, 5) is 32.3. The van der Waals surface area contributed by atoms with Crippen molar-refractivity contribution >= 4 is 11.8 Å². The summed E-state index contributed by atoms with van der Waals surface area (Å²) in [5, 5.41) is 17.5. The fourth-order valence-electron chi connectivity index (χ4n) is 4.71. The van der Waals surface area contributed by atoms with Crippen molar-refractivity contribution in [2.75, 3.05) is 26.3 Å². The van der Waals surface area contributed by atoms with Gasteiger partial charge in [0.1, 0.15) is 6.10 Å². The van der Waals surface area contributed by atoms with Crippen LogP contribution in [0.4, 0.5) is 0 Å². The molecule has 2 heterocycles. The summed E-state index contributed by atoms with van der Waals surface area (Å²) in [5.74, 6) is 1.01. The van der Waals surface area contributed by atoms with Gasteiger partial charge in [-0.15, -0.1) is 0 Å². The minimum atomic E-state index is -1.07. The number of aliphatic hydroxyl groups is 1. The Morgan fingerprint density at radius 1 is 1.18 bits per heavy atom. The van der Waals surface area contributed by atoms with Crippen LogP contribution in [0.3, 0.4) is 0 Å². The maximum absolute atomic E-state index is 13.2. The molecule has 2 N–H and O–H groups in total. The van der Waals surface area contributed by atoms with Crippen molar-refractivity contribution in [2.45, 2.75) is 82.8 Å². The lowest BCUT2D eigenvalue weighted by molar-refractivity contribution is -0.131. The van der Waals surface area contributed by atoms with Gasteiger partial charge in [0, 0.05) is 30.7 Å². The fraction of sp³-hybridized carbons (Fsp3) is 0.750. The molecule has 9 heteroatoms. The molecule has 1 saturated heterocycles. The van der Waals surface area contributed by atoms with E-state index < -0.39 is 12.1 Å².